The van der Waals surface area contributed by atoms with Gasteiger partial charge in [-0.2, -0.15) is 0 Å². The molecule has 1 aliphatic rings. The van der Waals surface area contributed by atoms with Crippen LogP contribution in [0, 0.1) is 6.92 Å². The average Bonchev–Trinajstić information content (AvgIpc) is 2.51. The van der Waals surface area contributed by atoms with Gasteiger partial charge in [-0.1, -0.05) is 24.3 Å². The largest absolute Gasteiger partial charge is 0.491 e. The van der Waals surface area contributed by atoms with E-state index >= 15 is 0 Å². The molecule has 4 heteroatoms. The number of hydrogen-bond donors (Lipinski definition) is 1. The van der Waals surface area contributed by atoms with E-state index in [0.29, 0.717) is 33.6 Å². The summed E-state index contributed by atoms with van der Waals surface area (Å²) in [5, 5.41) is 8.84. The number of hydrogen-bond acceptors (Lipinski definition) is 4. The van der Waals surface area contributed by atoms with Crippen LogP contribution in [-0.2, 0) is 0 Å². The first-order valence-corrected chi connectivity index (χ1v) is 6.71. The highest BCUT2D eigenvalue weighted by atomic mass is 16.5. The Morgan fingerprint density at radius 3 is 2.29 bits per heavy atom. The molecule has 0 bridgehead atoms. The first kappa shape index (κ1) is 13.5. The van der Waals surface area contributed by atoms with Crippen LogP contribution in [0.1, 0.15) is 37.4 Å². The summed E-state index contributed by atoms with van der Waals surface area (Å²) < 4.78 is 5.41. The second-order valence-electron chi connectivity index (χ2n) is 4.89. The average molecular weight is 282 g/mol. The standard InChI is InChI=1S/C17H14O4/c1-10-14(21-9-8-18)7-6-13-15(10)17(20)12-5-3-2-4-11(12)16(13)19/h2-7,18H,8-9H2,1H3. The number of ketones is 2. The topological polar surface area (TPSA) is 63.6 Å². The van der Waals surface area contributed by atoms with Gasteiger partial charge in [0, 0.05) is 27.8 Å². The van der Waals surface area contributed by atoms with Gasteiger partial charge in [0.2, 0.25) is 0 Å². The molecule has 2 aromatic rings. The van der Waals surface area contributed by atoms with Gasteiger partial charge >= 0.3 is 0 Å². The summed E-state index contributed by atoms with van der Waals surface area (Å²) in [6, 6.07) is 10.1. The lowest BCUT2D eigenvalue weighted by Crippen LogP contribution is -2.22. The van der Waals surface area contributed by atoms with E-state index in [9.17, 15) is 9.59 Å². The van der Waals surface area contributed by atoms with Crippen LogP contribution in [0.3, 0.4) is 0 Å². The summed E-state index contributed by atoms with van der Waals surface area (Å²) in [5.41, 5.74) is 2.31. The van der Waals surface area contributed by atoms with Crippen LogP contribution in [0.25, 0.3) is 0 Å². The molecule has 0 saturated carbocycles. The Balaban J connectivity index is 2.17. The molecule has 0 amide bonds. The fraction of sp³-hybridized carbons (Fsp3) is 0.176. The van der Waals surface area contributed by atoms with E-state index in [1.165, 1.54) is 0 Å². The summed E-state index contributed by atoms with van der Waals surface area (Å²) in [6.07, 6.45) is 0. The third-order valence-electron chi connectivity index (χ3n) is 3.65. The monoisotopic (exact) mass is 282 g/mol. The van der Waals surface area contributed by atoms with Crippen LogP contribution in [-0.4, -0.2) is 29.9 Å². The molecule has 0 unspecified atom stereocenters. The zero-order valence-electron chi connectivity index (χ0n) is 11.6. The van der Waals surface area contributed by atoms with E-state index in [-0.39, 0.29) is 24.8 Å². The van der Waals surface area contributed by atoms with E-state index in [1.54, 1.807) is 43.3 Å². The Labute approximate surface area is 122 Å². The number of fused-ring (bicyclic) bond motifs is 2. The van der Waals surface area contributed by atoms with Crippen LogP contribution in [0.4, 0.5) is 0 Å². The molecule has 1 aliphatic carbocycles. The fourth-order valence-corrected chi connectivity index (χ4v) is 2.65. The third-order valence-corrected chi connectivity index (χ3v) is 3.65. The number of carbonyl (C=O) groups excluding carboxylic acids is 2. The first-order valence-electron chi connectivity index (χ1n) is 6.71. The molecule has 3 rings (SSSR count). The molecule has 0 aromatic heterocycles. The smallest absolute Gasteiger partial charge is 0.194 e. The van der Waals surface area contributed by atoms with Crippen LogP contribution in [0.5, 0.6) is 5.75 Å². The summed E-state index contributed by atoms with van der Waals surface area (Å²) in [5.74, 6) is 0.215. The predicted octanol–water partition coefficient (Wildman–Crippen LogP) is 2.14. The van der Waals surface area contributed by atoms with Gasteiger partial charge in [0.05, 0.1) is 6.61 Å². The third kappa shape index (κ3) is 2.04. The highest BCUT2D eigenvalue weighted by Gasteiger charge is 2.31. The molecule has 0 heterocycles. The van der Waals surface area contributed by atoms with Gasteiger partial charge < -0.3 is 9.84 Å². The lowest BCUT2D eigenvalue weighted by Gasteiger charge is -2.20. The molecule has 4 nitrogen and oxygen atoms in total. The first-order chi connectivity index (χ1) is 10.1. The van der Waals surface area contributed by atoms with Crippen molar-refractivity contribution in [2.24, 2.45) is 0 Å². The molecule has 0 radical (unpaired) electrons. The second-order valence-corrected chi connectivity index (χ2v) is 4.89. The minimum absolute atomic E-state index is 0.105. The van der Waals surface area contributed by atoms with Crippen molar-refractivity contribution < 1.29 is 19.4 Å². The van der Waals surface area contributed by atoms with Crippen molar-refractivity contribution in [1.29, 1.82) is 0 Å². The number of ether oxygens (including phenoxy) is 1. The quantitative estimate of drug-likeness (QED) is 0.799. The maximum absolute atomic E-state index is 12.6. The maximum atomic E-state index is 12.6. The van der Waals surface area contributed by atoms with Crippen molar-refractivity contribution in [1.82, 2.24) is 0 Å². The van der Waals surface area contributed by atoms with Gasteiger partial charge in [-0.25, -0.2) is 0 Å². The molecule has 0 saturated heterocycles. The number of rotatable bonds is 3. The summed E-state index contributed by atoms with van der Waals surface area (Å²) >= 11 is 0. The summed E-state index contributed by atoms with van der Waals surface area (Å²) in [7, 11) is 0. The van der Waals surface area contributed by atoms with Crippen LogP contribution in [0.15, 0.2) is 36.4 Å². The van der Waals surface area contributed by atoms with Crippen molar-refractivity contribution in [3.8, 4) is 5.75 Å². The number of aliphatic hydroxyl groups excluding tert-OH is 1. The minimum atomic E-state index is -0.160. The Bertz CT molecular complexity index is 746. The van der Waals surface area contributed by atoms with Crippen LogP contribution in [0.2, 0.25) is 0 Å². The SMILES string of the molecule is Cc1c(OCCO)ccc2c1C(=O)c1ccccc1C2=O. The van der Waals surface area contributed by atoms with Crippen molar-refractivity contribution in [2.75, 3.05) is 13.2 Å². The molecule has 106 valence electrons. The molecule has 21 heavy (non-hydrogen) atoms. The Kier molecular flexibility index (Phi) is 3.31. The number of carbonyl (C=O) groups is 2. The van der Waals surface area contributed by atoms with Gasteiger partial charge in [-0.05, 0) is 19.1 Å². The number of aliphatic hydroxyl groups is 1. The van der Waals surface area contributed by atoms with Crippen molar-refractivity contribution in [3.05, 3.63) is 64.2 Å². The van der Waals surface area contributed by atoms with Gasteiger partial charge in [-0.15, -0.1) is 0 Å². The second kappa shape index (κ2) is 5.14. The summed E-state index contributed by atoms with van der Waals surface area (Å²) in [6.45, 7) is 1.80. The van der Waals surface area contributed by atoms with Crippen molar-refractivity contribution >= 4 is 11.6 Å². The Morgan fingerprint density at radius 1 is 0.952 bits per heavy atom. The molecular formula is C17H14O4. The van der Waals surface area contributed by atoms with Gasteiger partial charge in [0.1, 0.15) is 12.4 Å². The Hall–Kier alpha value is -2.46. The maximum Gasteiger partial charge on any atom is 0.194 e. The van der Waals surface area contributed by atoms with E-state index in [4.69, 9.17) is 9.84 Å². The lowest BCUT2D eigenvalue weighted by molar-refractivity contribution is 0.0978. The summed E-state index contributed by atoms with van der Waals surface area (Å²) in [4.78, 5) is 25.1. The van der Waals surface area contributed by atoms with Crippen molar-refractivity contribution in [2.45, 2.75) is 6.92 Å². The van der Waals surface area contributed by atoms with Gasteiger partial charge in [0.15, 0.2) is 11.6 Å². The van der Waals surface area contributed by atoms with Crippen LogP contribution < -0.4 is 4.74 Å². The van der Waals surface area contributed by atoms with Gasteiger partial charge in [0.25, 0.3) is 0 Å². The normalized spacial score (nSPS) is 12.9. The van der Waals surface area contributed by atoms with Crippen LogP contribution >= 0.6 is 0 Å². The zero-order valence-corrected chi connectivity index (χ0v) is 11.6. The molecule has 0 fully saturated rings. The highest BCUT2D eigenvalue weighted by molar-refractivity contribution is 6.29. The Morgan fingerprint density at radius 2 is 1.62 bits per heavy atom. The highest BCUT2D eigenvalue weighted by Crippen LogP contribution is 2.33. The lowest BCUT2D eigenvalue weighted by atomic mass is 9.82. The molecular weight excluding hydrogens is 268 g/mol. The van der Waals surface area contributed by atoms with E-state index in [1.807, 2.05) is 0 Å². The van der Waals surface area contributed by atoms with E-state index in [0.717, 1.165) is 0 Å². The molecule has 0 atom stereocenters. The van der Waals surface area contributed by atoms with Crippen molar-refractivity contribution in [3.63, 3.8) is 0 Å². The minimum Gasteiger partial charge on any atom is -0.491 e. The molecule has 1 N–H and O–H groups in total. The molecule has 2 aromatic carbocycles. The fourth-order valence-electron chi connectivity index (χ4n) is 2.65. The zero-order chi connectivity index (χ0) is 15.0. The number of benzene rings is 2. The predicted molar refractivity (Wildman–Crippen MR) is 77.1 cm³/mol. The van der Waals surface area contributed by atoms with Gasteiger partial charge in [-0.3, -0.25) is 9.59 Å². The van der Waals surface area contributed by atoms with E-state index < -0.39 is 0 Å². The van der Waals surface area contributed by atoms with E-state index in [2.05, 4.69) is 0 Å². The molecule has 0 aliphatic heterocycles. The molecule has 0 spiro atoms.